The maximum Gasteiger partial charge on any atom is 0.216 e. The van der Waals surface area contributed by atoms with E-state index in [4.69, 9.17) is 9.47 Å². The number of nitrogens with one attached hydrogen (secondary N) is 1. The van der Waals surface area contributed by atoms with Gasteiger partial charge in [0, 0.05) is 30.8 Å². The highest BCUT2D eigenvalue weighted by Gasteiger charge is 2.38. The maximum atomic E-state index is 5.99. The second-order valence-corrected chi connectivity index (χ2v) is 5.53. The first kappa shape index (κ1) is 15.2. The lowest BCUT2D eigenvalue weighted by Gasteiger charge is -2.34. The van der Waals surface area contributed by atoms with Gasteiger partial charge in [-0.05, 0) is 32.7 Å². The van der Waals surface area contributed by atoms with Crippen molar-refractivity contribution < 1.29 is 9.47 Å². The fraction of sp³-hybridized carbons (Fsp3) is 0.733. The Hall–Kier alpha value is -1.20. The van der Waals surface area contributed by atoms with Gasteiger partial charge in [0.15, 0.2) is 0 Å². The van der Waals surface area contributed by atoms with Gasteiger partial charge in [-0.3, -0.25) is 0 Å². The van der Waals surface area contributed by atoms with Crippen LogP contribution in [0.4, 0.5) is 0 Å². The summed E-state index contributed by atoms with van der Waals surface area (Å²) < 4.78 is 11.2. The van der Waals surface area contributed by atoms with Gasteiger partial charge in [-0.1, -0.05) is 6.92 Å². The molecule has 0 amide bonds. The van der Waals surface area contributed by atoms with Gasteiger partial charge < -0.3 is 14.8 Å². The summed E-state index contributed by atoms with van der Waals surface area (Å²) in [6.45, 7) is 6.22. The minimum atomic E-state index is -0.104. The summed E-state index contributed by atoms with van der Waals surface area (Å²) in [5.41, 5.74) is 0.884. The Morgan fingerprint density at radius 3 is 3.00 bits per heavy atom. The topological polar surface area (TPSA) is 56.3 Å². The highest BCUT2D eigenvalue weighted by molar-refractivity contribution is 5.15. The van der Waals surface area contributed by atoms with Gasteiger partial charge in [-0.25, -0.2) is 9.97 Å². The fourth-order valence-corrected chi connectivity index (χ4v) is 2.71. The van der Waals surface area contributed by atoms with Crippen LogP contribution in [-0.4, -0.2) is 41.9 Å². The first-order chi connectivity index (χ1) is 9.68. The molecule has 0 aromatic carbocycles. The molecule has 1 aromatic heterocycles. The molecule has 1 aliphatic rings. The molecule has 1 aliphatic heterocycles. The Labute approximate surface area is 121 Å². The molecule has 112 valence electrons. The number of nitrogens with zero attached hydrogens (tertiary/aromatic N) is 2. The zero-order valence-electron chi connectivity index (χ0n) is 12.7. The van der Waals surface area contributed by atoms with E-state index in [0.29, 0.717) is 5.88 Å². The predicted molar refractivity (Wildman–Crippen MR) is 78.0 cm³/mol. The van der Waals surface area contributed by atoms with Crippen molar-refractivity contribution in [1.29, 1.82) is 0 Å². The van der Waals surface area contributed by atoms with Crippen LogP contribution in [0.25, 0.3) is 0 Å². The highest BCUT2D eigenvalue weighted by atomic mass is 16.5. The number of rotatable bonds is 7. The molecule has 1 N–H and O–H groups in total. The number of methoxy groups -OCH3 is 1. The van der Waals surface area contributed by atoms with Crippen molar-refractivity contribution in [2.24, 2.45) is 0 Å². The molecular weight excluding hydrogens is 254 g/mol. The monoisotopic (exact) mass is 279 g/mol. The average Bonchev–Trinajstić information content (AvgIpc) is 2.91. The molecule has 20 heavy (non-hydrogen) atoms. The van der Waals surface area contributed by atoms with Crippen LogP contribution in [0.1, 0.15) is 38.8 Å². The van der Waals surface area contributed by atoms with Crippen molar-refractivity contribution in [3.8, 4) is 5.88 Å². The molecule has 2 atom stereocenters. The van der Waals surface area contributed by atoms with E-state index in [2.05, 4.69) is 29.1 Å². The molecule has 1 fully saturated rings. The van der Waals surface area contributed by atoms with Gasteiger partial charge in [0.1, 0.15) is 6.33 Å². The highest BCUT2D eigenvalue weighted by Crippen LogP contribution is 2.30. The molecule has 1 saturated heterocycles. The number of aromatic nitrogens is 2. The normalized spacial score (nSPS) is 23.8. The number of hydrogen-bond donors (Lipinski definition) is 1. The standard InChI is InChI=1S/C15H25N3O2/c1-4-7-16-13(15(2)6-5-8-20-15)9-12-10-14(19-3)18-11-17-12/h10-11,13,16H,4-9H2,1-3H3. The van der Waals surface area contributed by atoms with Crippen molar-refractivity contribution in [3.63, 3.8) is 0 Å². The lowest BCUT2D eigenvalue weighted by molar-refractivity contribution is -0.0116. The number of hydrogen-bond acceptors (Lipinski definition) is 5. The first-order valence-electron chi connectivity index (χ1n) is 7.40. The molecule has 2 rings (SSSR count). The molecule has 1 aromatic rings. The lowest BCUT2D eigenvalue weighted by atomic mass is 9.89. The minimum absolute atomic E-state index is 0.104. The molecule has 0 spiro atoms. The van der Waals surface area contributed by atoms with Crippen LogP contribution in [0.2, 0.25) is 0 Å². The van der Waals surface area contributed by atoms with Crippen LogP contribution in [0.5, 0.6) is 5.88 Å². The molecule has 0 saturated carbocycles. The minimum Gasteiger partial charge on any atom is -0.481 e. The first-order valence-corrected chi connectivity index (χ1v) is 7.40. The average molecular weight is 279 g/mol. The van der Waals surface area contributed by atoms with E-state index in [-0.39, 0.29) is 11.6 Å². The Bertz CT molecular complexity index is 419. The van der Waals surface area contributed by atoms with Crippen LogP contribution in [-0.2, 0) is 11.2 Å². The molecule has 0 radical (unpaired) electrons. The van der Waals surface area contributed by atoms with Crippen LogP contribution >= 0.6 is 0 Å². The predicted octanol–water partition coefficient (Wildman–Crippen LogP) is 1.96. The van der Waals surface area contributed by atoms with Crippen molar-refractivity contribution in [3.05, 3.63) is 18.1 Å². The number of ether oxygens (including phenoxy) is 2. The molecule has 2 unspecified atom stereocenters. The van der Waals surface area contributed by atoms with E-state index >= 15 is 0 Å². The van der Waals surface area contributed by atoms with Crippen LogP contribution in [0.3, 0.4) is 0 Å². The second-order valence-electron chi connectivity index (χ2n) is 5.53. The summed E-state index contributed by atoms with van der Waals surface area (Å²) in [4.78, 5) is 8.41. The third kappa shape index (κ3) is 3.67. The molecule has 5 nitrogen and oxygen atoms in total. The van der Waals surface area contributed by atoms with Gasteiger partial charge in [-0.2, -0.15) is 0 Å². The lowest BCUT2D eigenvalue weighted by Crippen LogP contribution is -2.50. The molecule has 2 heterocycles. The van der Waals surface area contributed by atoms with E-state index in [0.717, 1.165) is 44.5 Å². The second kappa shape index (κ2) is 6.99. The van der Waals surface area contributed by atoms with E-state index in [1.165, 1.54) is 0 Å². The van der Waals surface area contributed by atoms with Gasteiger partial charge in [-0.15, -0.1) is 0 Å². The van der Waals surface area contributed by atoms with E-state index in [1.54, 1.807) is 13.4 Å². The van der Waals surface area contributed by atoms with Crippen molar-refractivity contribution in [2.75, 3.05) is 20.3 Å². The van der Waals surface area contributed by atoms with Crippen LogP contribution < -0.4 is 10.1 Å². The van der Waals surface area contributed by atoms with Crippen molar-refractivity contribution in [2.45, 2.75) is 51.2 Å². The van der Waals surface area contributed by atoms with Gasteiger partial charge in [0.05, 0.1) is 12.7 Å². The fourth-order valence-electron chi connectivity index (χ4n) is 2.71. The zero-order chi connectivity index (χ0) is 14.4. The van der Waals surface area contributed by atoms with Crippen LogP contribution in [0.15, 0.2) is 12.4 Å². The van der Waals surface area contributed by atoms with Gasteiger partial charge in [0.2, 0.25) is 5.88 Å². The molecule has 5 heteroatoms. The smallest absolute Gasteiger partial charge is 0.216 e. The third-order valence-corrected chi connectivity index (χ3v) is 3.95. The maximum absolute atomic E-state index is 5.99. The van der Waals surface area contributed by atoms with Gasteiger partial charge >= 0.3 is 0 Å². The van der Waals surface area contributed by atoms with Crippen LogP contribution in [0, 0.1) is 0 Å². The van der Waals surface area contributed by atoms with E-state index in [9.17, 15) is 0 Å². The summed E-state index contributed by atoms with van der Waals surface area (Å²) >= 11 is 0. The summed E-state index contributed by atoms with van der Waals surface area (Å²) in [7, 11) is 1.63. The Kier molecular flexibility index (Phi) is 5.31. The quantitative estimate of drug-likeness (QED) is 0.827. The van der Waals surface area contributed by atoms with E-state index in [1.807, 2.05) is 6.07 Å². The third-order valence-electron chi connectivity index (χ3n) is 3.95. The zero-order valence-corrected chi connectivity index (χ0v) is 12.7. The molecule has 0 aliphatic carbocycles. The largest absolute Gasteiger partial charge is 0.481 e. The summed E-state index contributed by atoms with van der Waals surface area (Å²) in [6.07, 6.45) is 5.72. The Morgan fingerprint density at radius 1 is 1.50 bits per heavy atom. The van der Waals surface area contributed by atoms with E-state index < -0.39 is 0 Å². The summed E-state index contributed by atoms with van der Waals surface area (Å²) in [5.74, 6) is 0.613. The van der Waals surface area contributed by atoms with Crippen molar-refractivity contribution >= 4 is 0 Å². The Balaban J connectivity index is 2.10. The molecule has 0 bridgehead atoms. The Morgan fingerprint density at radius 2 is 2.35 bits per heavy atom. The summed E-state index contributed by atoms with van der Waals surface area (Å²) in [5, 5.41) is 3.61. The summed E-state index contributed by atoms with van der Waals surface area (Å²) in [6, 6.07) is 2.17. The van der Waals surface area contributed by atoms with Gasteiger partial charge in [0.25, 0.3) is 0 Å². The van der Waals surface area contributed by atoms with Crippen molar-refractivity contribution in [1.82, 2.24) is 15.3 Å². The SMILES string of the molecule is CCCNC(Cc1cc(OC)ncn1)C1(C)CCCO1. The molecular formula is C15H25N3O2.